The van der Waals surface area contributed by atoms with Gasteiger partial charge in [-0.25, -0.2) is 0 Å². The SMILES string of the molecule is COC1CC(Nc2ccc3c(c2)C(=O)NC3=O)C1. The summed E-state index contributed by atoms with van der Waals surface area (Å²) in [6.45, 7) is 0. The molecular weight excluding hydrogens is 232 g/mol. The van der Waals surface area contributed by atoms with Gasteiger partial charge in [-0.05, 0) is 31.0 Å². The van der Waals surface area contributed by atoms with E-state index in [2.05, 4.69) is 10.6 Å². The van der Waals surface area contributed by atoms with Crippen LogP contribution >= 0.6 is 0 Å². The highest BCUT2D eigenvalue weighted by Gasteiger charge is 2.30. The Balaban J connectivity index is 1.74. The van der Waals surface area contributed by atoms with Crippen molar-refractivity contribution in [1.29, 1.82) is 0 Å². The molecule has 94 valence electrons. The normalized spacial score (nSPS) is 25.4. The first kappa shape index (κ1) is 11.2. The summed E-state index contributed by atoms with van der Waals surface area (Å²) in [4.78, 5) is 22.9. The van der Waals surface area contributed by atoms with E-state index in [-0.39, 0.29) is 11.8 Å². The van der Waals surface area contributed by atoms with Gasteiger partial charge in [0.15, 0.2) is 0 Å². The van der Waals surface area contributed by atoms with Crippen LogP contribution in [0.1, 0.15) is 33.6 Å². The number of imide groups is 1. The summed E-state index contributed by atoms with van der Waals surface area (Å²) >= 11 is 0. The number of fused-ring (bicyclic) bond motifs is 1. The molecule has 1 heterocycles. The predicted octanol–water partition coefficient (Wildman–Crippen LogP) is 1.16. The molecule has 2 amide bonds. The van der Waals surface area contributed by atoms with Crippen molar-refractivity contribution in [2.24, 2.45) is 0 Å². The second-order valence-corrected chi connectivity index (χ2v) is 4.71. The topological polar surface area (TPSA) is 67.4 Å². The molecule has 0 unspecified atom stereocenters. The molecule has 0 bridgehead atoms. The lowest BCUT2D eigenvalue weighted by Gasteiger charge is -2.35. The molecule has 1 saturated carbocycles. The van der Waals surface area contributed by atoms with Crippen molar-refractivity contribution in [3.05, 3.63) is 29.3 Å². The highest BCUT2D eigenvalue weighted by atomic mass is 16.5. The summed E-state index contributed by atoms with van der Waals surface area (Å²) in [5.41, 5.74) is 1.78. The molecule has 3 rings (SSSR count). The maximum absolute atomic E-state index is 11.5. The van der Waals surface area contributed by atoms with Gasteiger partial charge in [0.2, 0.25) is 0 Å². The van der Waals surface area contributed by atoms with Crippen molar-refractivity contribution < 1.29 is 14.3 Å². The van der Waals surface area contributed by atoms with Gasteiger partial charge in [-0.1, -0.05) is 0 Å². The first-order valence-electron chi connectivity index (χ1n) is 5.96. The fourth-order valence-electron chi connectivity index (χ4n) is 2.37. The summed E-state index contributed by atoms with van der Waals surface area (Å²) < 4.78 is 5.21. The Kier molecular flexibility index (Phi) is 2.56. The molecule has 2 aliphatic rings. The fourth-order valence-corrected chi connectivity index (χ4v) is 2.37. The molecule has 1 aliphatic carbocycles. The fraction of sp³-hybridized carbons (Fsp3) is 0.385. The molecule has 1 aromatic carbocycles. The van der Waals surface area contributed by atoms with Crippen LogP contribution in [-0.4, -0.2) is 31.1 Å². The molecule has 0 saturated heterocycles. The van der Waals surface area contributed by atoms with E-state index in [9.17, 15) is 9.59 Å². The summed E-state index contributed by atoms with van der Waals surface area (Å²) in [5.74, 6) is -0.633. The van der Waals surface area contributed by atoms with E-state index >= 15 is 0 Å². The molecule has 0 aromatic heterocycles. The number of anilines is 1. The van der Waals surface area contributed by atoms with E-state index in [0.717, 1.165) is 18.5 Å². The van der Waals surface area contributed by atoms with Gasteiger partial charge in [0.1, 0.15) is 0 Å². The minimum atomic E-state index is -0.318. The van der Waals surface area contributed by atoms with Crippen molar-refractivity contribution in [3.63, 3.8) is 0 Å². The molecule has 5 heteroatoms. The highest BCUT2D eigenvalue weighted by molar-refractivity contribution is 6.21. The number of hydrogen-bond donors (Lipinski definition) is 2. The second-order valence-electron chi connectivity index (χ2n) is 4.71. The third-order valence-electron chi connectivity index (χ3n) is 3.53. The molecule has 2 N–H and O–H groups in total. The average molecular weight is 246 g/mol. The van der Waals surface area contributed by atoms with Crippen LogP contribution in [0, 0.1) is 0 Å². The van der Waals surface area contributed by atoms with Gasteiger partial charge in [0.05, 0.1) is 17.2 Å². The minimum Gasteiger partial charge on any atom is -0.382 e. The predicted molar refractivity (Wildman–Crippen MR) is 65.7 cm³/mol. The van der Waals surface area contributed by atoms with E-state index in [4.69, 9.17) is 4.74 Å². The van der Waals surface area contributed by atoms with Crippen molar-refractivity contribution >= 4 is 17.5 Å². The molecule has 1 fully saturated rings. The van der Waals surface area contributed by atoms with Gasteiger partial charge in [0.25, 0.3) is 11.8 Å². The number of hydrogen-bond acceptors (Lipinski definition) is 4. The first-order valence-corrected chi connectivity index (χ1v) is 5.96. The van der Waals surface area contributed by atoms with Crippen LogP contribution in [0.5, 0.6) is 0 Å². The Morgan fingerprint density at radius 1 is 1.22 bits per heavy atom. The van der Waals surface area contributed by atoms with Crippen LogP contribution in [0.25, 0.3) is 0 Å². The number of amides is 2. The Morgan fingerprint density at radius 2 is 1.94 bits per heavy atom. The van der Waals surface area contributed by atoms with Crippen LogP contribution in [0.2, 0.25) is 0 Å². The number of carbonyl (C=O) groups excluding carboxylic acids is 2. The number of ether oxygens (including phenoxy) is 1. The van der Waals surface area contributed by atoms with Crippen LogP contribution in [-0.2, 0) is 4.74 Å². The molecule has 18 heavy (non-hydrogen) atoms. The zero-order valence-electron chi connectivity index (χ0n) is 10.0. The zero-order valence-corrected chi connectivity index (χ0v) is 10.0. The molecule has 0 radical (unpaired) electrons. The smallest absolute Gasteiger partial charge is 0.259 e. The minimum absolute atomic E-state index is 0.315. The monoisotopic (exact) mass is 246 g/mol. The molecule has 5 nitrogen and oxygen atoms in total. The third-order valence-corrected chi connectivity index (χ3v) is 3.53. The highest BCUT2D eigenvalue weighted by Crippen LogP contribution is 2.28. The van der Waals surface area contributed by atoms with Gasteiger partial charge >= 0.3 is 0 Å². The van der Waals surface area contributed by atoms with Crippen LogP contribution < -0.4 is 10.6 Å². The number of rotatable bonds is 3. The van der Waals surface area contributed by atoms with Crippen molar-refractivity contribution in [1.82, 2.24) is 5.32 Å². The first-order chi connectivity index (χ1) is 8.67. The van der Waals surface area contributed by atoms with Crippen molar-refractivity contribution in [3.8, 4) is 0 Å². The van der Waals surface area contributed by atoms with Gasteiger partial charge < -0.3 is 10.1 Å². The number of benzene rings is 1. The Labute approximate surface area is 105 Å². The number of methoxy groups -OCH3 is 1. The third kappa shape index (κ3) is 1.76. The lowest BCUT2D eigenvalue weighted by atomic mass is 9.89. The molecular formula is C13H14N2O3. The maximum Gasteiger partial charge on any atom is 0.259 e. The van der Waals surface area contributed by atoms with Gasteiger partial charge in [-0.15, -0.1) is 0 Å². The molecule has 1 aliphatic heterocycles. The van der Waals surface area contributed by atoms with Crippen LogP contribution in [0.4, 0.5) is 5.69 Å². The van der Waals surface area contributed by atoms with E-state index in [0.29, 0.717) is 23.3 Å². The van der Waals surface area contributed by atoms with Crippen LogP contribution in [0.3, 0.4) is 0 Å². The van der Waals surface area contributed by atoms with Gasteiger partial charge in [-0.3, -0.25) is 14.9 Å². The largest absolute Gasteiger partial charge is 0.382 e. The summed E-state index contributed by atoms with van der Waals surface area (Å²) in [6, 6.07) is 5.63. The van der Waals surface area contributed by atoms with E-state index in [1.54, 1.807) is 19.2 Å². The number of nitrogens with one attached hydrogen (secondary N) is 2. The van der Waals surface area contributed by atoms with E-state index in [1.807, 2.05) is 6.07 Å². The van der Waals surface area contributed by atoms with E-state index in [1.165, 1.54) is 0 Å². The summed E-state index contributed by atoms with van der Waals surface area (Å²) in [7, 11) is 1.71. The summed E-state index contributed by atoms with van der Waals surface area (Å²) in [5, 5.41) is 5.62. The Hall–Kier alpha value is -1.88. The second kappa shape index (κ2) is 4.10. The van der Waals surface area contributed by atoms with Crippen molar-refractivity contribution in [2.75, 3.05) is 12.4 Å². The molecule has 0 spiro atoms. The molecule has 1 aromatic rings. The van der Waals surface area contributed by atoms with Crippen LogP contribution in [0.15, 0.2) is 18.2 Å². The maximum atomic E-state index is 11.5. The van der Waals surface area contributed by atoms with Crippen molar-refractivity contribution in [2.45, 2.75) is 25.0 Å². The van der Waals surface area contributed by atoms with Gasteiger partial charge in [-0.2, -0.15) is 0 Å². The standard InChI is InChI=1S/C13H14N2O3/c1-18-9-4-8(5-9)14-7-2-3-10-11(6-7)13(17)15-12(10)16/h2-3,6,8-9,14H,4-5H2,1H3,(H,15,16,17). The average Bonchev–Trinajstić information content (AvgIpc) is 2.59. The molecule has 0 atom stereocenters. The number of carbonyl (C=O) groups is 2. The summed E-state index contributed by atoms with van der Waals surface area (Å²) in [6.07, 6.45) is 2.28. The Bertz CT molecular complexity index is 521. The Morgan fingerprint density at radius 3 is 2.67 bits per heavy atom. The lowest BCUT2D eigenvalue weighted by molar-refractivity contribution is 0.0328. The quantitative estimate of drug-likeness (QED) is 0.785. The van der Waals surface area contributed by atoms with E-state index < -0.39 is 0 Å². The zero-order chi connectivity index (χ0) is 12.7. The lowest BCUT2D eigenvalue weighted by Crippen LogP contribution is -2.40. The van der Waals surface area contributed by atoms with Gasteiger partial charge in [0, 0.05) is 18.8 Å².